The molecule has 0 aromatic heterocycles. The van der Waals surface area contributed by atoms with E-state index in [1.54, 1.807) is 0 Å². The fourth-order valence-electron chi connectivity index (χ4n) is 2.88. The van der Waals surface area contributed by atoms with Gasteiger partial charge in [-0.2, -0.15) is 23.5 Å². The van der Waals surface area contributed by atoms with E-state index in [4.69, 9.17) is 0 Å². The summed E-state index contributed by atoms with van der Waals surface area (Å²) in [7, 11) is 0. The molecule has 100 valence electrons. The summed E-state index contributed by atoms with van der Waals surface area (Å²) in [6.07, 6.45) is 1.81. The number of thioether (sulfide) groups is 2. The molecule has 17 heavy (non-hydrogen) atoms. The van der Waals surface area contributed by atoms with E-state index in [2.05, 4.69) is 42.3 Å². The molecule has 2 rings (SSSR count). The first-order valence-corrected chi connectivity index (χ1v) is 8.95. The van der Waals surface area contributed by atoms with Crippen LogP contribution in [0.1, 0.15) is 26.7 Å². The Morgan fingerprint density at radius 1 is 1.18 bits per heavy atom. The summed E-state index contributed by atoms with van der Waals surface area (Å²) < 4.78 is 0. The number of nitrogens with zero attached hydrogens (tertiary/aromatic N) is 1. The topological polar surface area (TPSA) is 23.5 Å². The molecule has 2 aliphatic heterocycles. The predicted octanol–water partition coefficient (Wildman–Crippen LogP) is 2.32. The minimum absolute atomic E-state index is 0.0962. The first-order chi connectivity index (χ1) is 8.07. The lowest BCUT2D eigenvalue weighted by Gasteiger charge is -2.34. The Labute approximate surface area is 114 Å². The summed E-state index contributed by atoms with van der Waals surface area (Å²) in [4.78, 5) is 2.64. The van der Waals surface area contributed by atoms with E-state index in [9.17, 15) is 5.11 Å². The van der Waals surface area contributed by atoms with Gasteiger partial charge < -0.3 is 5.11 Å². The van der Waals surface area contributed by atoms with Crippen LogP contribution in [0.3, 0.4) is 0 Å². The number of hydrogen-bond donors (Lipinski definition) is 1. The van der Waals surface area contributed by atoms with Crippen molar-refractivity contribution in [2.24, 2.45) is 5.41 Å². The van der Waals surface area contributed by atoms with Crippen LogP contribution < -0.4 is 0 Å². The maximum atomic E-state index is 9.96. The van der Waals surface area contributed by atoms with Crippen molar-refractivity contribution < 1.29 is 5.11 Å². The Kier molecular flexibility index (Phi) is 5.10. The molecule has 0 amide bonds. The maximum Gasteiger partial charge on any atom is 0.0558 e. The summed E-state index contributed by atoms with van der Waals surface area (Å²) >= 11 is 4.20. The van der Waals surface area contributed by atoms with E-state index in [1.165, 1.54) is 23.0 Å². The van der Waals surface area contributed by atoms with Crippen molar-refractivity contribution in [3.05, 3.63) is 0 Å². The number of rotatable bonds is 1. The summed E-state index contributed by atoms with van der Waals surface area (Å²) in [5.41, 5.74) is 0.261. The smallest absolute Gasteiger partial charge is 0.0558 e. The molecule has 0 aromatic carbocycles. The molecule has 2 heterocycles. The Morgan fingerprint density at radius 3 is 2.47 bits per heavy atom. The van der Waals surface area contributed by atoms with Crippen molar-refractivity contribution in [3.8, 4) is 0 Å². The highest BCUT2D eigenvalue weighted by molar-refractivity contribution is 8.03. The van der Waals surface area contributed by atoms with E-state index in [-0.39, 0.29) is 11.5 Å². The molecular formula is C13H25NOS2. The monoisotopic (exact) mass is 275 g/mol. The zero-order valence-corrected chi connectivity index (χ0v) is 12.7. The fourth-order valence-corrected chi connectivity index (χ4v) is 5.50. The minimum atomic E-state index is -0.0962. The minimum Gasteiger partial charge on any atom is -0.393 e. The molecule has 0 aliphatic carbocycles. The van der Waals surface area contributed by atoms with Gasteiger partial charge in [-0.1, -0.05) is 13.8 Å². The first kappa shape index (κ1) is 14.0. The Morgan fingerprint density at radius 2 is 1.82 bits per heavy atom. The highest BCUT2D eigenvalue weighted by Crippen LogP contribution is 2.31. The lowest BCUT2D eigenvalue weighted by Crippen LogP contribution is -2.43. The van der Waals surface area contributed by atoms with E-state index in [0.717, 1.165) is 32.0 Å². The van der Waals surface area contributed by atoms with Crippen LogP contribution >= 0.6 is 23.5 Å². The largest absolute Gasteiger partial charge is 0.393 e. The van der Waals surface area contributed by atoms with Crippen LogP contribution in [-0.4, -0.2) is 58.3 Å². The molecule has 2 saturated heterocycles. The average molecular weight is 275 g/mol. The highest BCUT2D eigenvalue weighted by atomic mass is 32.2. The van der Waals surface area contributed by atoms with Crippen LogP contribution in [0.2, 0.25) is 0 Å². The lowest BCUT2D eigenvalue weighted by molar-refractivity contribution is 0.120. The molecule has 0 saturated carbocycles. The second-order valence-corrected chi connectivity index (χ2v) is 8.38. The molecule has 1 N–H and O–H groups in total. The van der Waals surface area contributed by atoms with Gasteiger partial charge in [0.1, 0.15) is 0 Å². The molecule has 2 aliphatic rings. The second kappa shape index (κ2) is 6.18. The predicted molar refractivity (Wildman–Crippen MR) is 79.0 cm³/mol. The third-order valence-corrected chi connectivity index (χ3v) is 6.16. The van der Waals surface area contributed by atoms with Crippen molar-refractivity contribution in [2.75, 3.05) is 36.1 Å². The van der Waals surface area contributed by atoms with Crippen molar-refractivity contribution in [3.63, 3.8) is 0 Å². The van der Waals surface area contributed by atoms with Crippen LogP contribution in [-0.2, 0) is 0 Å². The van der Waals surface area contributed by atoms with Gasteiger partial charge in [-0.05, 0) is 18.3 Å². The summed E-state index contributed by atoms with van der Waals surface area (Å²) in [5, 5.41) is 9.96. The highest BCUT2D eigenvalue weighted by Gasteiger charge is 2.32. The molecule has 2 fully saturated rings. The molecule has 0 bridgehead atoms. The Balaban J connectivity index is 1.98. The average Bonchev–Trinajstić information content (AvgIpc) is 2.56. The van der Waals surface area contributed by atoms with Crippen molar-refractivity contribution >= 4 is 23.5 Å². The van der Waals surface area contributed by atoms with Crippen LogP contribution in [0.15, 0.2) is 0 Å². The summed E-state index contributed by atoms with van der Waals surface area (Å²) in [5.74, 6) is 5.17. The Bertz CT molecular complexity index is 240. The van der Waals surface area contributed by atoms with E-state index >= 15 is 0 Å². The van der Waals surface area contributed by atoms with Gasteiger partial charge in [0.15, 0.2) is 0 Å². The van der Waals surface area contributed by atoms with Gasteiger partial charge >= 0.3 is 0 Å². The number of hydrogen-bond acceptors (Lipinski definition) is 4. The van der Waals surface area contributed by atoms with E-state index < -0.39 is 0 Å². The third-order valence-electron chi connectivity index (χ3n) is 3.68. The SMILES string of the molecule is CC1(C)C[C@@H](O)CCN(C2CSCCSC2)C1. The van der Waals surface area contributed by atoms with Crippen LogP contribution in [0, 0.1) is 5.41 Å². The van der Waals surface area contributed by atoms with Gasteiger partial charge in [0.2, 0.25) is 0 Å². The molecule has 0 radical (unpaired) electrons. The van der Waals surface area contributed by atoms with Gasteiger partial charge in [-0.15, -0.1) is 0 Å². The van der Waals surface area contributed by atoms with E-state index in [0.29, 0.717) is 0 Å². The van der Waals surface area contributed by atoms with Gasteiger partial charge in [-0.25, -0.2) is 0 Å². The molecule has 2 nitrogen and oxygen atoms in total. The van der Waals surface area contributed by atoms with Crippen LogP contribution in [0.5, 0.6) is 0 Å². The van der Waals surface area contributed by atoms with Crippen LogP contribution in [0.4, 0.5) is 0 Å². The number of aliphatic hydroxyl groups is 1. The quantitative estimate of drug-likeness (QED) is 0.793. The molecule has 0 aromatic rings. The van der Waals surface area contributed by atoms with E-state index in [1.807, 2.05) is 0 Å². The van der Waals surface area contributed by atoms with Crippen molar-refractivity contribution in [1.82, 2.24) is 4.90 Å². The van der Waals surface area contributed by atoms with Gasteiger partial charge in [-0.3, -0.25) is 4.90 Å². The van der Waals surface area contributed by atoms with Gasteiger partial charge in [0.05, 0.1) is 6.10 Å². The van der Waals surface area contributed by atoms with Crippen LogP contribution in [0.25, 0.3) is 0 Å². The molecule has 1 atom stereocenters. The zero-order chi connectivity index (χ0) is 12.3. The molecular weight excluding hydrogens is 250 g/mol. The molecule has 4 heteroatoms. The Hall–Kier alpha value is 0.620. The van der Waals surface area contributed by atoms with Gasteiger partial charge in [0.25, 0.3) is 0 Å². The molecule has 0 spiro atoms. The normalized spacial score (nSPS) is 33.0. The van der Waals surface area contributed by atoms with Crippen molar-refractivity contribution in [2.45, 2.75) is 38.8 Å². The second-order valence-electron chi connectivity index (χ2n) is 6.08. The number of aliphatic hydroxyl groups excluding tert-OH is 1. The third kappa shape index (κ3) is 4.34. The number of likely N-dealkylation sites (tertiary alicyclic amines) is 1. The summed E-state index contributed by atoms with van der Waals surface area (Å²) in [6, 6.07) is 0.720. The fraction of sp³-hybridized carbons (Fsp3) is 1.00. The van der Waals surface area contributed by atoms with Crippen molar-refractivity contribution in [1.29, 1.82) is 0 Å². The molecule has 0 unspecified atom stereocenters. The first-order valence-electron chi connectivity index (χ1n) is 6.64. The zero-order valence-electron chi connectivity index (χ0n) is 11.0. The summed E-state index contributed by atoms with van der Waals surface area (Å²) in [6.45, 7) is 6.82. The standard InChI is InChI=1S/C13H25NOS2/c1-13(2)7-12(15)3-4-14(10-13)11-8-16-5-6-17-9-11/h11-12,15H,3-10H2,1-2H3/t12-/m0/s1. The lowest BCUT2D eigenvalue weighted by atomic mass is 9.87. The maximum absolute atomic E-state index is 9.96. The van der Waals surface area contributed by atoms with Gasteiger partial charge in [0, 0.05) is 42.1 Å².